The lowest BCUT2D eigenvalue weighted by molar-refractivity contribution is -0.308. The fourth-order valence-corrected chi connectivity index (χ4v) is 3.29. The molecule has 0 fully saturated rings. The van der Waals surface area contributed by atoms with Crippen LogP contribution in [0.15, 0.2) is 59.6 Å². The minimum absolute atomic E-state index is 0.0293. The number of nitrogens with zero attached hydrogens (tertiary/aromatic N) is 1. The van der Waals surface area contributed by atoms with E-state index < -0.39 is 24.0 Å². The number of benzene rings is 2. The molecule has 0 radical (unpaired) electrons. The van der Waals surface area contributed by atoms with Gasteiger partial charge in [0.05, 0.1) is 12.0 Å². The van der Waals surface area contributed by atoms with Gasteiger partial charge in [-0.25, -0.2) is 4.79 Å². The molecule has 1 aliphatic heterocycles. The second kappa shape index (κ2) is 13.5. The minimum Gasteiger partial charge on any atom is -0.548 e. The molecule has 1 aliphatic rings. The number of carboxylic acid groups (broad SMARTS) is 1. The number of ether oxygens (including phenoxy) is 1. The number of aliphatic imine (C=N–C) groups is 1. The summed E-state index contributed by atoms with van der Waals surface area (Å²) in [7, 11) is 0. The molecule has 0 unspecified atom stereocenters. The summed E-state index contributed by atoms with van der Waals surface area (Å²) in [5.74, 6) is -1.75. The lowest BCUT2D eigenvalue weighted by atomic mass is 10.1. The molecular weight excluding hydrogens is 466 g/mol. The van der Waals surface area contributed by atoms with E-state index in [0.717, 1.165) is 24.1 Å². The molecular formula is C25H28N5O6-. The number of aliphatic carboxylic acids is 1. The number of carbonyl (C=O) groups is 4. The van der Waals surface area contributed by atoms with Crippen molar-refractivity contribution in [3.8, 4) is 0 Å². The number of rotatable bonds is 10. The van der Waals surface area contributed by atoms with Crippen molar-refractivity contribution in [2.75, 3.05) is 19.6 Å². The Balaban J connectivity index is 1.41. The molecule has 3 rings (SSSR count). The van der Waals surface area contributed by atoms with Crippen LogP contribution in [0.1, 0.15) is 34.3 Å². The van der Waals surface area contributed by atoms with Crippen LogP contribution in [0.3, 0.4) is 0 Å². The summed E-state index contributed by atoms with van der Waals surface area (Å²) in [6, 6.07) is 14.0. The highest BCUT2D eigenvalue weighted by Gasteiger charge is 2.17. The summed E-state index contributed by atoms with van der Waals surface area (Å²) in [5.41, 5.74) is 1.90. The van der Waals surface area contributed by atoms with E-state index in [1.165, 1.54) is 0 Å². The Labute approximate surface area is 208 Å². The second-order valence-corrected chi connectivity index (χ2v) is 8.04. The molecule has 2 aromatic carbocycles. The number of aryl methyl sites for hydroxylation is 1. The van der Waals surface area contributed by atoms with Crippen molar-refractivity contribution in [1.29, 1.82) is 0 Å². The number of carboxylic acids is 1. The summed E-state index contributed by atoms with van der Waals surface area (Å²) >= 11 is 0. The summed E-state index contributed by atoms with van der Waals surface area (Å²) in [4.78, 5) is 52.0. The highest BCUT2D eigenvalue weighted by Crippen LogP contribution is 2.07. The smallest absolute Gasteiger partial charge is 0.408 e. The van der Waals surface area contributed by atoms with Gasteiger partial charge in [0.25, 0.3) is 5.91 Å². The van der Waals surface area contributed by atoms with Crippen LogP contribution >= 0.6 is 0 Å². The highest BCUT2D eigenvalue weighted by atomic mass is 16.5. The Morgan fingerprint density at radius 2 is 1.78 bits per heavy atom. The third-order valence-corrected chi connectivity index (χ3v) is 5.27. The number of hydrogen-bond acceptors (Lipinski definition) is 8. The number of amides is 3. The number of hydrogen-bond donors (Lipinski definition) is 4. The van der Waals surface area contributed by atoms with Gasteiger partial charge in [0.15, 0.2) is 5.96 Å². The molecule has 1 atom stereocenters. The lowest BCUT2D eigenvalue weighted by Gasteiger charge is -2.20. The minimum atomic E-state index is -1.56. The number of carbonyl (C=O) groups excluding carboxylic acids is 4. The average Bonchev–Trinajstić information content (AvgIpc) is 2.90. The SMILES string of the molecule is O=C(CCc1ccc(C(=O)NC[C@H](NC(=O)OCc2ccccc2)C(=O)[O-])cc1)NC1=NCCCN1. The molecule has 190 valence electrons. The van der Waals surface area contributed by atoms with Gasteiger partial charge >= 0.3 is 6.09 Å². The topological polar surface area (TPSA) is 161 Å². The van der Waals surface area contributed by atoms with E-state index >= 15 is 0 Å². The van der Waals surface area contributed by atoms with Crippen molar-refractivity contribution in [1.82, 2.24) is 21.3 Å². The average molecular weight is 495 g/mol. The molecule has 11 heteroatoms. The van der Waals surface area contributed by atoms with Crippen LogP contribution in [0.5, 0.6) is 0 Å². The molecule has 0 aliphatic carbocycles. The number of nitrogens with one attached hydrogen (secondary N) is 4. The molecule has 2 aromatic rings. The first-order valence-electron chi connectivity index (χ1n) is 11.5. The van der Waals surface area contributed by atoms with Crippen LogP contribution in [0.25, 0.3) is 0 Å². The van der Waals surface area contributed by atoms with E-state index in [0.29, 0.717) is 24.5 Å². The lowest BCUT2D eigenvalue weighted by Crippen LogP contribution is -2.53. The van der Waals surface area contributed by atoms with Crippen LogP contribution in [-0.4, -0.2) is 55.5 Å². The van der Waals surface area contributed by atoms with E-state index in [1.54, 1.807) is 48.5 Å². The van der Waals surface area contributed by atoms with Crippen LogP contribution in [-0.2, 0) is 27.4 Å². The molecule has 0 bridgehead atoms. The van der Waals surface area contributed by atoms with Gasteiger partial charge in [0, 0.05) is 31.6 Å². The van der Waals surface area contributed by atoms with Gasteiger partial charge in [-0.05, 0) is 36.1 Å². The van der Waals surface area contributed by atoms with Gasteiger partial charge in [-0.15, -0.1) is 0 Å². The van der Waals surface area contributed by atoms with Crippen LogP contribution in [0.4, 0.5) is 4.79 Å². The first-order chi connectivity index (χ1) is 17.4. The fourth-order valence-electron chi connectivity index (χ4n) is 3.29. The summed E-state index contributed by atoms with van der Waals surface area (Å²) in [5, 5.41) is 21.8. The zero-order valence-electron chi connectivity index (χ0n) is 19.6. The highest BCUT2D eigenvalue weighted by molar-refractivity contribution is 5.97. The first kappa shape index (κ1) is 26.2. The van der Waals surface area contributed by atoms with E-state index in [-0.39, 0.29) is 25.5 Å². The van der Waals surface area contributed by atoms with Gasteiger partial charge in [-0.2, -0.15) is 0 Å². The van der Waals surface area contributed by atoms with E-state index in [1.807, 2.05) is 6.07 Å². The Bertz CT molecular complexity index is 1090. The molecule has 0 aromatic heterocycles. The normalized spacial score (nSPS) is 13.4. The predicted molar refractivity (Wildman–Crippen MR) is 129 cm³/mol. The molecule has 0 spiro atoms. The van der Waals surface area contributed by atoms with Crippen LogP contribution in [0.2, 0.25) is 0 Å². The van der Waals surface area contributed by atoms with Crippen molar-refractivity contribution in [2.24, 2.45) is 4.99 Å². The Morgan fingerprint density at radius 3 is 2.44 bits per heavy atom. The molecule has 0 saturated heterocycles. The van der Waals surface area contributed by atoms with Crippen LogP contribution < -0.4 is 26.4 Å². The van der Waals surface area contributed by atoms with Crippen molar-refractivity contribution >= 4 is 29.8 Å². The molecule has 0 saturated carbocycles. The summed E-state index contributed by atoms with van der Waals surface area (Å²) in [6.07, 6.45) is 0.723. The second-order valence-electron chi connectivity index (χ2n) is 8.04. The summed E-state index contributed by atoms with van der Waals surface area (Å²) in [6.45, 7) is 1.05. The molecule has 36 heavy (non-hydrogen) atoms. The van der Waals surface area contributed by atoms with Gasteiger partial charge < -0.3 is 30.6 Å². The van der Waals surface area contributed by atoms with Gasteiger partial charge in [-0.3, -0.25) is 19.9 Å². The maximum absolute atomic E-state index is 12.4. The van der Waals surface area contributed by atoms with Crippen molar-refractivity contribution in [3.05, 3.63) is 71.3 Å². The standard InChI is InChI=1S/C25H29N5O6/c31-21(30-24-26-13-4-14-27-24)12-9-17-7-10-19(11-8-17)22(32)28-15-20(23(33)34)29-25(35)36-16-18-5-2-1-3-6-18/h1-3,5-8,10-11,20H,4,9,12-16H2,(H,28,32)(H,29,35)(H,33,34)(H2,26,27,30,31)/p-1/t20-/m0/s1. The van der Waals surface area contributed by atoms with E-state index in [4.69, 9.17) is 4.74 Å². The third kappa shape index (κ3) is 8.75. The Morgan fingerprint density at radius 1 is 1.03 bits per heavy atom. The maximum atomic E-state index is 12.4. The first-order valence-corrected chi connectivity index (χ1v) is 11.5. The molecule has 3 amide bonds. The van der Waals surface area contributed by atoms with Gasteiger partial charge in [0.2, 0.25) is 5.91 Å². The zero-order chi connectivity index (χ0) is 25.8. The van der Waals surface area contributed by atoms with E-state index in [2.05, 4.69) is 26.3 Å². The zero-order valence-corrected chi connectivity index (χ0v) is 19.6. The molecule has 11 nitrogen and oxygen atoms in total. The van der Waals surface area contributed by atoms with Gasteiger partial charge in [-0.1, -0.05) is 42.5 Å². The maximum Gasteiger partial charge on any atom is 0.408 e. The Kier molecular flexibility index (Phi) is 9.80. The Hall–Kier alpha value is -4.41. The third-order valence-electron chi connectivity index (χ3n) is 5.27. The quantitative estimate of drug-likeness (QED) is 0.357. The summed E-state index contributed by atoms with van der Waals surface area (Å²) < 4.78 is 5.00. The van der Waals surface area contributed by atoms with Gasteiger partial charge in [0.1, 0.15) is 6.61 Å². The van der Waals surface area contributed by atoms with Crippen molar-refractivity contribution in [2.45, 2.75) is 31.9 Å². The van der Waals surface area contributed by atoms with Crippen molar-refractivity contribution in [3.63, 3.8) is 0 Å². The largest absolute Gasteiger partial charge is 0.548 e. The molecule has 4 N–H and O–H groups in total. The van der Waals surface area contributed by atoms with Crippen molar-refractivity contribution < 1.29 is 29.0 Å². The number of guanidine groups is 1. The van der Waals surface area contributed by atoms with E-state index in [9.17, 15) is 24.3 Å². The predicted octanol–water partition coefficient (Wildman–Crippen LogP) is -0.141. The molecule has 1 heterocycles. The number of alkyl carbamates (subject to hydrolysis) is 1. The van der Waals surface area contributed by atoms with Crippen LogP contribution in [0, 0.1) is 0 Å². The fraction of sp³-hybridized carbons (Fsp3) is 0.320. The monoisotopic (exact) mass is 494 g/mol.